The van der Waals surface area contributed by atoms with Crippen LogP contribution in [0.2, 0.25) is 0 Å². The Hall–Kier alpha value is -2.90. The number of carbonyl (C=O) groups excluding carboxylic acids is 2. The van der Waals surface area contributed by atoms with Crippen molar-refractivity contribution in [1.82, 2.24) is 4.90 Å². The van der Waals surface area contributed by atoms with E-state index in [4.69, 9.17) is 0 Å². The average Bonchev–Trinajstić information content (AvgIpc) is 2.75. The van der Waals surface area contributed by atoms with E-state index in [9.17, 15) is 18.4 Å². The van der Waals surface area contributed by atoms with E-state index in [1.807, 2.05) is 0 Å². The summed E-state index contributed by atoms with van der Waals surface area (Å²) in [5.41, 5.74) is -0.778. The highest BCUT2D eigenvalue weighted by Crippen LogP contribution is 2.40. The molecule has 0 atom stereocenters. The Morgan fingerprint density at radius 3 is 2.12 bits per heavy atom. The Balaban J connectivity index is 1.60. The highest BCUT2D eigenvalue weighted by molar-refractivity contribution is 6.04. The van der Waals surface area contributed by atoms with E-state index in [-0.39, 0.29) is 23.3 Å². The summed E-state index contributed by atoms with van der Waals surface area (Å²) in [4.78, 5) is 26.7. The number of nitrogens with one attached hydrogen (secondary N) is 1. The summed E-state index contributed by atoms with van der Waals surface area (Å²) in [6, 6.07) is 5.94. The summed E-state index contributed by atoms with van der Waals surface area (Å²) in [6.45, 7) is 1.52. The quantitative estimate of drug-likeness (QED) is 0.624. The second-order valence-corrected chi connectivity index (χ2v) is 8.57. The Bertz CT molecular complexity index is 1030. The number of carbonyl (C=O) groups is 2. The number of alkyl halides is 2. The highest BCUT2D eigenvalue weighted by atomic mass is 19.3. The normalized spacial score (nSPS) is 20.7. The van der Waals surface area contributed by atoms with Gasteiger partial charge in [0.05, 0.1) is 5.56 Å². The second kappa shape index (κ2) is 8.56. The van der Waals surface area contributed by atoms with Crippen LogP contribution in [0.4, 0.5) is 23.2 Å². The molecule has 2 fully saturated rings. The molecular weight excluding hydrogens is 424 g/mol. The molecule has 2 bridgehead atoms. The lowest BCUT2D eigenvalue weighted by molar-refractivity contribution is -0.169. The molecule has 2 saturated heterocycles. The van der Waals surface area contributed by atoms with Gasteiger partial charge in [0.15, 0.2) is 0 Å². The number of nitrogens with zero attached hydrogens (tertiary/aromatic N) is 1. The fourth-order valence-corrected chi connectivity index (χ4v) is 4.76. The summed E-state index contributed by atoms with van der Waals surface area (Å²) in [5, 5.41) is 2.48. The minimum Gasteiger partial charge on any atom is -0.331 e. The number of hydrogen-bond donors (Lipinski definition) is 1. The number of anilines is 1. The summed E-state index contributed by atoms with van der Waals surface area (Å²) in [6.07, 6.45) is 4.44. The number of hydrogen-bond acceptors (Lipinski definition) is 2. The first-order valence-electron chi connectivity index (χ1n) is 10.8. The summed E-state index contributed by atoms with van der Waals surface area (Å²) >= 11 is 0. The smallest absolute Gasteiger partial charge is 0.331 e. The van der Waals surface area contributed by atoms with E-state index < -0.39 is 34.9 Å². The number of fused-ring (bicyclic) bond motifs is 2. The maximum atomic E-state index is 15.3. The van der Waals surface area contributed by atoms with Gasteiger partial charge >= 0.3 is 5.92 Å². The molecule has 1 N–H and O–H groups in total. The number of rotatable bonds is 4. The molecule has 4 nitrogen and oxygen atoms in total. The van der Waals surface area contributed by atoms with Crippen LogP contribution in [-0.2, 0) is 10.7 Å². The first-order valence-corrected chi connectivity index (χ1v) is 10.8. The van der Waals surface area contributed by atoms with Crippen LogP contribution in [0.1, 0.15) is 60.0 Å². The van der Waals surface area contributed by atoms with Crippen LogP contribution < -0.4 is 5.32 Å². The number of halogens is 4. The van der Waals surface area contributed by atoms with Crippen molar-refractivity contribution in [3.8, 4) is 0 Å². The molecule has 2 aliphatic rings. The van der Waals surface area contributed by atoms with E-state index in [0.29, 0.717) is 31.2 Å². The number of amides is 2. The van der Waals surface area contributed by atoms with Gasteiger partial charge in [-0.3, -0.25) is 9.59 Å². The Labute approximate surface area is 183 Å². The van der Waals surface area contributed by atoms with Crippen molar-refractivity contribution in [1.29, 1.82) is 0 Å². The van der Waals surface area contributed by atoms with Crippen molar-refractivity contribution in [2.75, 3.05) is 5.32 Å². The molecule has 2 aliphatic heterocycles. The SMILES string of the molecule is Cc1cc(NC(=O)c2ccc(F)c(C(F)(F)C(=O)N3C4CCCC3CCC4)c2)ccc1F. The van der Waals surface area contributed by atoms with Gasteiger partial charge in [-0.1, -0.05) is 0 Å². The first kappa shape index (κ1) is 22.3. The Morgan fingerprint density at radius 2 is 1.53 bits per heavy atom. The predicted octanol–water partition coefficient (Wildman–Crippen LogP) is 5.55. The van der Waals surface area contributed by atoms with Crippen molar-refractivity contribution >= 4 is 17.5 Å². The monoisotopic (exact) mass is 448 g/mol. The standard InChI is InChI=1S/C24H24F4N2O2/c1-14-12-16(9-11-20(14)25)29-22(31)15-8-10-21(26)19(13-15)24(27,28)23(32)30-17-4-2-5-18(30)7-3-6-17/h8-13,17-18H,2-7H2,1H3,(H,29,31). The van der Waals surface area contributed by atoms with Crippen molar-refractivity contribution < 1.29 is 27.2 Å². The molecule has 0 unspecified atom stereocenters. The highest BCUT2D eigenvalue weighted by Gasteiger charge is 2.51. The van der Waals surface area contributed by atoms with Gasteiger partial charge in [-0.25, -0.2) is 8.78 Å². The second-order valence-electron chi connectivity index (χ2n) is 8.57. The molecule has 0 saturated carbocycles. The Kier molecular flexibility index (Phi) is 5.97. The third-order valence-electron chi connectivity index (χ3n) is 6.42. The van der Waals surface area contributed by atoms with Crippen molar-refractivity contribution in [2.45, 2.75) is 63.5 Å². The fraction of sp³-hybridized carbons (Fsp3) is 0.417. The third-order valence-corrected chi connectivity index (χ3v) is 6.42. The molecule has 0 spiro atoms. The summed E-state index contributed by atoms with van der Waals surface area (Å²) in [5.74, 6) is -7.97. The number of benzene rings is 2. The van der Waals surface area contributed by atoms with E-state index in [2.05, 4.69) is 5.32 Å². The van der Waals surface area contributed by atoms with Crippen LogP contribution in [-0.4, -0.2) is 28.8 Å². The van der Waals surface area contributed by atoms with Gasteiger partial charge in [-0.05, 0) is 87.4 Å². The van der Waals surface area contributed by atoms with Crippen LogP contribution in [0.25, 0.3) is 0 Å². The minimum atomic E-state index is -4.10. The molecule has 0 aromatic heterocycles. The van der Waals surface area contributed by atoms with Gasteiger partial charge in [0.25, 0.3) is 11.8 Å². The van der Waals surface area contributed by atoms with E-state index in [1.165, 1.54) is 30.0 Å². The molecule has 0 aliphatic carbocycles. The van der Waals surface area contributed by atoms with Gasteiger partial charge in [0, 0.05) is 23.3 Å². The van der Waals surface area contributed by atoms with E-state index >= 15 is 8.78 Å². The molecule has 170 valence electrons. The topological polar surface area (TPSA) is 49.4 Å². The third kappa shape index (κ3) is 4.10. The van der Waals surface area contributed by atoms with Crippen molar-refractivity contribution in [3.05, 3.63) is 64.7 Å². The Morgan fingerprint density at radius 1 is 0.938 bits per heavy atom. The number of piperidine rings is 2. The molecule has 2 heterocycles. The summed E-state index contributed by atoms with van der Waals surface area (Å²) in [7, 11) is 0. The zero-order valence-corrected chi connectivity index (χ0v) is 17.6. The van der Waals surface area contributed by atoms with Gasteiger partial charge in [0.1, 0.15) is 11.6 Å². The van der Waals surface area contributed by atoms with Gasteiger partial charge in [0.2, 0.25) is 0 Å². The molecular formula is C24H24F4N2O2. The lowest BCUT2D eigenvalue weighted by atomic mass is 9.83. The average molecular weight is 448 g/mol. The van der Waals surface area contributed by atoms with Crippen LogP contribution in [0.15, 0.2) is 36.4 Å². The summed E-state index contributed by atoms with van der Waals surface area (Å²) < 4.78 is 58.4. The zero-order chi connectivity index (χ0) is 23.0. The van der Waals surface area contributed by atoms with E-state index in [0.717, 1.165) is 31.0 Å². The molecule has 2 amide bonds. The van der Waals surface area contributed by atoms with Crippen LogP contribution in [0.5, 0.6) is 0 Å². The van der Waals surface area contributed by atoms with Gasteiger partial charge < -0.3 is 10.2 Å². The van der Waals surface area contributed by atoms with Crippen molar-refractivity contribution in [3.63, 3.8) is 0 Å². The predicted molar refractivity (Wildman–Crippen MR) is 112 cm³/mol. The van der Waals surface area contributed by atoms with E-state index in [1.54, 1.807) is 0 Å². The maximum absolute atomic E-state index is 15.3. The van der Waals surface area contributed by atoms with Crippen LogP contribution in [0.3, 0.4) is 0 Å². The fourth-order valence-electron chi connectivity index (χ4n) is 4.76. The maximum Gasteiger partial charge on any atom is 0.352 e. The molecule has 8 heteroatoms. The lowest BCUT2D eigenvalue weighted by Gasteiger charge is -2.47. The molecule has 32 heavy (non-hydrogen) atoms. The first-order chi connectivity index (χ1) is 15.2. The minimum absolute atomic E-state index is 0.227. The number of aryl methyl sites for hydroxylation is 1. The zero-order valence-electron chi connectivity index (χ0n) is 17.6. The van der Waals surface area contributed by atoms with Gasteiger partial charge in [-0.15, -0.1) is 0 Å². The lowest BCUT2D eigenvalue weighted by Crippen LogP contribution is -2.56. The molecule has 0 radical (unpaired) electrons. The van der Waals surface area contributed by atoms with Crippen LogP contribution in [0, 0.1) is 18.6 Å². The molecule has 2 aromatic rings. The van der Waals surface area contributed by atoms with Crippen molar-refractivity contribution in [2.24, 2.45) is 0 Å². The molecule has 2 aromatic carbocycles. The van der Waals surface area contributed by atoms with Crippen LogP contribution >= 0.6 is 0 Å². The van der Waals surface area contributed by atoms with Gasteiger partial charge in [-0.2, -0.15) is 8.78 Å². The molecule has 4 rings (SSSR count). The largest absolute Gasteiger partial charge is 0.352 e.